The first kappa shape index (κ1) is 16.5. The monoisotopic (exact) mass is 279 g/mol. The Hall–Kier alpha value is -1.55. The van der Waals surface area contributed by atoms with E-state index in [-0.39, 0.29) is 5.91 Å². The van der Waals surface area contributed by atoms with Gasteiger partial charge in [-0.2, -0.15) is 0 Å². The highest BCUT2D eigenvalue weighted by molar-refractivity contribution is 5.78. The van der Waals surface area contributed by atoms with E-state index in [2.05, 4.69) is 5.32 Å². The number of hydrogen-bond donors (Lipinski definition) is 2. The Labute approximate surface area is 121 Å². The van der Waals surface area contributed by atoms with Crippen molar-refractivity contribution < 1.29 is 14.6 Å². The van der Waals surface area contributed by atoms with Crippen molar-refractivity contribution in [3.05, 3.63) is 29.8 Å². The first-order valence-electron chi connectivity index (χ1n) is 7.17. The molecule has 1 atom stereocenters. The number of rotatable bonds is 8. The van der Waals surface area contributed by atoms with Gasteiger partial charge < -0.3 is 15.2 Å². The normalized spacial score (nSPS) is 12.2. The second-order valence-electron chi connectivity index (χ2n) is 5.34. The van der Waals surface area contributed by atoms with Crippen molar-refractivity contribution >= 4 is 5.91 Å². The summed E-state index contributed by atoms with van der Waals surface area (Å²) in [5.74, 6) is 1.11. The molecule has 0 fully saturated rings. The van der Waals surface area contributed by atoms with E-state index in [9.17, 15) is 9.90 Å². The number of carbonyl (C=O) groups is 1. The third kappa shape index (κ3) is 6.57. The van der Waals surface area contributed by atoms with Crippen molar-refractivity contribution in [3.8, 4) is 5.75 Å². The molecule has 1 aromatic carbocycles. The lowest BCUT2D eigenvalue weighted by molar-refractivity contribution is -0.120. The Morgan fingerprint density at radius 2 is 2.15 bits per heavy atom. The number of nitrogens with one attached hydrogen (secondary N) is 1. The van der Waals surface area contributed by atoms with Crippen LogP contribution < -0.4 is 10.1 Å². The molecule has 0 aliphatic rings. The van der Waals surface area contributed by atoms with Crippen LogP contribution in [0.4, 0.5) is 0 Å². The number of aliphatic hydroxyl groups excluding tert-OH is 1. The Kier molecular flexibility index (Phi) is 7.09. The van der Waals surface area contributed by atoms with Crippen LogP contribution in [0.2, 0.25) is 0 Å². The summed E-state index contributed by atoms with van der Waals surface area (Å²) in [6.45, 7) is 6.93. The molecule has 4 heteroatoms. The van der Waals surface area contributed by atoms with E-state index in [1.165, 1.54) is 0 Å². The topological polar surface area (TPSA) is 58.6 Å². The molecule has 1 unspecified atom stereocenters. The van der Waals surface area contributed by atoms with Crippen LogP contribution in [-0.2, 0) is 11.2 Å². The Morgan fingerprint density at radius 3 is 2.80 bits per heavy atom. The van der Waals surface area contributed by atoms with Gasteiger partial charge in [0.25, 0.3) is 0 Å². The smallest absolute Gasteiger partial charge is 0.224 e. The van der Waals surface area contributed by atoms with Gasteiger partial charge in [0.15, 0.2) is 0 Å². The Morgan fingerprint density at radius 1 is 1.40 bits per heavy atom. The maximum absolute atomic E-state index is 11.8. The van der Waals surface area contributed by atoms with Crippen molar-refractivity contribution in [2.45, 2.75) is 39.7 Å². The van der Waals surface area contributed by atoms with Crippen LogP contribution in [0.5, 0.6) is 5.75 Å². The van der Waals surface area contributed by atoms with Crippen LogP contribution in [0, 0.1) is 5.92 Å². The summed E-state index contributed by atoms with van der Waals surface area (Å²) in [6.07, 6.45) is 0.517. The van der Waals surface area contributed by atoms with E-state index in [1.807, 2.05) is 45.0 Å². The van der Waals surface area contributed by atoms with Crippen molar-refractivity contribution in [1.29, 1.82) is 0 Å². The van der Waals surface area contributed by atoms with Crippen molar-refractivity contribution in [2.75, 3.05) is 13.2 Å². The number of ether oxygens (including phenoxy) is 1. The van der Waals surface area contributed by atoms with Crippen molar-refractivity contribution in [3.63, 3.8) is 0 Å². The lowest BCUT2D eigenvalue weighted by Gasteiger charge is -2.14. The maximum atomic E-state index is 11.8. The molecule has 1 amide bonds. The third-order valence-electron chi connectivity index (χ3n) is 2.85. The number of aliphatic hydroxyl groups is 1. The molecule has 1 aromatic rings. The highest BCUT2D eigenvalue weighted by Gasteiger charge is 2.09. The molecule has 0 saturated carbocycles. The van der Waals surface area contributed by atoms with E-state index in [0.717, 1.165) is 11.3 Å². The minimum Gasteiger partial charge on any atom is -0.494 e. The summed E-state index contributed by atoms with van der Waals surface area (Å²) in [4.78, 5) is 11.8. The molecular formula is C16H25NO3. The molecule has 2 N–H and O–H groups in total. The quantitative estimate of drug-likeness (QED) is 0.766. The summed E-state index contributed by atoms with van der Waals surface area (Å²) in [5, 5.41) is 12.5. The lowest BCUT2D eigenvalue weighted by atomic mass is 10.1. The molecule has 20 heavy (non-hydrogen) atoms. The molecule has 0 aliphatic carbocycles. The maximum Gasteiger partial charge on any atom is 0.224 e. The zero-order chi connectivity index (χ0) is 15.0. The van der Waals surface area contributed by atoms with Gasteiger partial charge in [-0.25, -0.2) is 0 Å². The van der Waals surface area contributed by atoms with Gasteiger partial charge in [-0.05, 0) is 37.0 Å². The molecule has 0 heterocycles. The minimum atomic E-state index is -0.478. The zero-order valence-electron chi connectivity index (χ0n) is 12.6. The molecule has 0 aromatic heterocycles. The highest BCUT2D eigenvalue weighted by Crippen LogP contribution is 2.13. The van der Waals surface area contributed by atoms with E-state index < -0.39 is 6.10 Å². The number of carbonyl (C=O) groups excluding carboxylic acids is 1. The fourth-order valence-electron chi connectivity index (χ4n) is 2.02. The summed E-state index contributed by atoms with van der Waals surface area (Å²) < 4.78 is 5.40. The van der Waals surface area contributed by atoms with Crippen LogP contribution in [0.3, 0.4) is 0 Å². The summed E-state index contributed by atoms with van der Waals surface area (Å²) >= 11 is 0. The van der Waals surface area contributed by atoms with E-state index in [0.29, 0.717) is 31.9 Å². The second-order valence-corrected chi connectivity index (χ2v) is 5.34. The largest absolute Gasteiger partial charge is 0.494 e. The third-order valence-corrected chi connectivity index (χ3v) is 2.85. The number of hydrogen-bond acceptors (Lipinski definition) is 3. The molecule has 0 saturated heterocycles. The van der Waals surface area contributed by atoms with Crippen molar-refractivity contribution in [1.82, 2.24) is 5.32 Å². The molecule has 0 aliphatic heterocycles. The van der Waals surface area contributed by atoms with Crippen molar-refractivity contribution in [2.24, 2.45) is 5.92 Å². The van der Waals surface area contributed by atoms with E-state index in [1.54, 1.807) is 0 Å². The van der Waals surface area contributed by atoms with Crippen LogP contribution in [0.15, 0.2) is 24.3 Å². The van der Waals surface area contributed by atoms with Crippen LogP contribution in [-0.4, -0.2) is 30.3 Å². The fourth-order valence-corrected chi connectivity index (χ4v) is 2.02. The average Bonchev–Trinajstić information content (AvgIpc) is 2.36. The summed E-state index contributed by atoms with van der Waals surface area (Å²) in [5.41, 5.74) is 0.909. The highest BCUT2D eigenvalue weighted by atomic mass is 16.5. The molecule has 0 spiro atoms. The van der Waals surface area contributed by atoms with Gasteiger partial charge in [0.05, 0.1) is 19.1 Å². The van der Waals surface area contributed by atoms with Gasteiger partial charge in [0.2, 0.25) is 5.91 Å². The fraction of sp³-hybridized carbons (Fsp3) is 0.562. The number of benzene rings is 1. The van der Waals surface area contributed by atoms with Gasteiger partial charge in [-0.15, -0.1) is 0 Å². The average molecular weight is 279 g/mol. The first-order valence-corrected chi connectivity index (χ1v) is 7.17. The minimum absolute atomic E-state index is 0.0820. The Balaban J connectivity index is 2.40. The molecule has 0 bridgehead atoms. The molecular weight excluding hydrogens is 254 g/mol. The van der Waals surface area contributed by atoms with Crippen LogP contribution >= 0.6 is 0 Å². The van der Waals surface area contributed by atoms with Crippen LogP contribution in [0.25, 0.3) is 0 Å². The SMILES string of the molecule is CCOc1cccc(CC(=O)NCC(O)CC(C)C)c1. The second kappa shape index (κ2) is 8.59. The Bertz CT molecular complexity index is 418. The standard InChI is InChI=1S/C16H25NO3/c1-4-20-15-7-5-6-13(9-15)10-16(19)17-11-14(18)8-12(2)3/h5-7,9,12,14,18H,4,8,10-11H2,1-3H3,(H,17,19). The van der Waals surface area contributed by atoms with Gasteiger partial charge in [-0.1, -0.05) is 26.0 Å². The molecule has 112 valence electrons. The van der Waals surface area contributed by atoms with Crippen LogP contribution in [0.1, 0.15) is 32.8 Å². The number of amides is 1. The van der Waals surface area contributed by atoms with Gasteiger partial charge >= 0.3 is 0 Å². The zero-order valence-corrected chi connectivity index (χ0v) is 12.6. The predicted molar refractivity (Wildman–Crippen MR) is 79.8 cm³/mol. The molecule has 1 rings (SSSR count). The lowest BCUT2D eigenvalue weighted by Crippen LogP contribution is -2.33. The first-order chi connectivity index (χ1) is 9.51. The van der Waals surface area contributed by atoms with Gasteiger partial charge in [-0.3, -0.25) is 4.79 Å². The summed E-state index contributed by atoms with van der Waals surface area (Å²) in [6, 6.07) is 7.51. The summed E-state index contributed by atoms with van der Waals surface area (Å²) in [7, 11) is 0. The predicted octanol–water partition coefficient (Wildman–Crippen LogP) is 2.15. The van der Waals surface area contributed by atoms with E-state index >= 15 is 0 Å². The molecule has 0 radical (unpaired) electrons. The van der Waals surface area contributed by atoms with E-state index in [4.69, 9.17) is 4.74 Å². The van der Waals surface area contributed by atoms with Gasteiger partial charge in [0, 0.05) is 6.54 Å². The molecule has 4 nitrogen and oxygen atoms in total. The van der Waals surface area contributed by atoms with Gasteiger partial charge in [0.1, 0.15) is 5.75 Å².